The van der Waals surface area contributed by atoms with Gasteiger partial charge in [0.1, 0.15) is 29.8 Å². The van der Waals surface area contributed by atoms with Gasteiger partial charge in [-0.2, -0.15) is 9.97 Å². The minimum atomic E-state index is -0.852. The van der Waals surface area contributed by atoms with Crippen LogP contribution in [0.25, 0.3) is 0 Å². The molecule has 0 aliphatic carbocycles. The Hall–Kier alpha value is -3.95. The number of nitro groups is 1. The van der Waals surface area contributed by atoms with E-state index in [-0.39, 0.29) is 35.6 Å². The van der Waals surface area contributed by atoms with Crippen molar-refractivity contribution >= 4 is 17.6 Å². The van der Waals surface area contributed by atoms with Gasteiger partial charge in [0.05, 0.1) is 11.5 Å². The molecule has 0 saturated carbocycles. The van der Waals surface area contributed by atoms with Gasteiger partial charge in [-0.3, -0.25) is 10.1 Å². The molecule has 9 nitrogen and oxygen atoms in total. The maximum Gasteiger partial charge on any atom is 0.223 e. The monoisotopic (exact) mass is 398 g/mol. The van der Waals surface area contributed by atoms with Crippen molar-refractivity contribution in [1.82, 2.24) is 9.97 Å². The van der Waals surface area contributed by atoms with E-state index in [4.69, 9.17) is 21.9 Å². The first kappa shape index (κ1) is 19.8. The first-order valence-electron chi connectivity index (χ1n) is 8.61. The molecule has 1 unspecified atom stereocenters. The van der Waals surface area contributed by atoms with Crippen LogP contribution in [-0.4, -0.2) is 21.4 Å². The van der Waals surface area contributed by atoms with E-state index in [0.717, 1.165) is 5.56 Å². The van der Waals surface area contributed by atoms with Gasteiger partial charge in [0.25, 0.3) is 0 Å². The summed E-state index contributed by atoms with van der Waals surface area (Å²) in [6.45, 7) is -0.357. The summed E-state index contributed by atoms with van der Waals surface area (Å²) in [6.07, 6.45) is 0. The van der Waals surface area contributed by atoms with Gasteiger partial charge >= 0.3 is 0 Å². The Kier molecular flexibility index (Phi) is 5.72. The zero-order chi connectivity index (χ0) is 21.0. The van der Waals surface area contributed by atoms with Crippen LogP contribution in [0.15, 0.2) is 48.5 Å². The lowest BCUT2D eigenvalue weighted by Gasteiger charge is -2.20. The van der Waals surface area contributed by atoms with Crippen molar-refractivity contribution in [1.29, 1.82) is 0 Å². The Labute approximate surface area is 165 Å². The fourth-order valence-corrected chi connectivity index (χ4v) is 3.02. The molecule has 0 fully saturated rings. The molecule has 0 amide bonds. The minimum absolute atomic E-state index is 0.0322. The number of para-hydroxylation sites is 1. The predicted octanol–water partition coefficient (Wildman–Crippen LogP) is 2.35. The van der Waals surface area contributed by atoms with Crippen molar-refractivity contribution in [2.24, 2.45) is 0 Å². The lowest BCUT2D eigenvalue weighted by molar-refractivity contribution is -0.481. The van der Waals surface area contributed by atoms with E-state index < -0.39 is 17.4 Å². The van der Waals surface area contributed by atoms with Crippen molar-refractivity contribution in [3.8, 4) is 5.75 Å². The van der Waals surface area contributed by atoms with Crippen molar-refractivity contribution in [2.75, 3.05) is 23.7 Å². The number of hydrogen-bond donors (Lipinski definition) is 3. The second kappa shape index (κ2) is 8.38. The van der Waals surface area contributed by atoms with Crippen LogP contribution in [0.5, 0.6) is 5.75 Å². The zero-order valence-corrected chi connectivity index (χ0v) is 15.3. The van der Waals surface area contributed by atoms with E-state index in [9.17, 15) is 14.5 Å². The van der Waals surface area contributed by atoms with E-state index in [1.165, 1.54) is 12.1 Å². The summed E-state index contributed by atoms with van der Waals surface area (Å²) in [7, 11) is 0. The average molecular weight is 398 g/mol. The molecule has 6 N–H and O–H groups in total. The van der Waals surface area contributed by atoms with E-state index >= 15 is 0 Å². The van der Waals surface area contributed by atoms with E-state index in [1.807, 2.05) is 0 Å². The number of nitrogens with two attached hydrogens (primary N) is 3. The number of halogens is 1. The van der Waals surface area contributed by atoms with E-state index in [2.05, 4.69) is 9.97 Å². The Morgan fingerprint density at radius 1 is 1.03 bits per heavy atom. The van der Waals surface area contributed by atoms with Gasteiger partial charge in [-0.05, 0) is 23.8 Å². The van der Waals surface area contributed by atoms with Crippen LogP contribution in [0.2, 0.25) is 0 Å². The van der Waals surface area contributed by atoms with Gasteiger partial charge < -0.3 is 21.9 Å². The van der Waals surface area contributed by atoms with Gasteiger partial charge in [-0.15, -0.1) is 0 Å². The molecule has 0 radical (unpaired) electrons. The van der Waals surface area contributed by atoms with Crippen LogP contribution in [0.1, 0.15) is 22.6 Å². The minimum Gasteiger partial charge on any atom is -0.489 e. The number of nitrogen functional groups attached to an aromatic ring is 3. The van der Waals surface area contributed by atoms with Crippen LogP contribution in [0.3, 0.4) is 0 Å². The summed E-state index contributed by atoms with van der Waals surface area (Å²) in [6, 6.07) is 12.7. The number of aromatic nitrogens is 2. The summed E-state index contributed by atoms with van der Waals surface area (Å²) >= 11 is 0. The highest BCUT2D eigenvalue weighted by atomic mass is 19.1. The molecule has 0 bridgehead atoms. The number of ether oxygens (including phenoxy) is 1. The summed E-state index contributed by atoms with van der Waals surface area (Å²) in [5.74, 6) is -0.987. The third-order valence-electron chi connectivity index (χ3n) is 4.30. The van der Waals surface area contributed by atoms with Crippen molar-refractivity contribution in [3.63, 3.8) is 0 Å². The molecule has 29 heavy (non-hydrogen) atoms. The maximum absolute atomic E-state index is 13.1. The Morgan fingerprint density at radius 2 is 1.66 bits per heavy atom. The molecule has 0 spiro atoms. The van der Waals surface area contributed by atoms with Gasteiger partial charge in [0, 0.05) is 10.5 Å². The summed E-state index contributed by atoms with van der Waals surface area (Å²) in [5, 5.41) is 11.4. The van der Waals surface area contributed by atoms with Crippen LogP contribution < -0.4 is 21.9 Å². The second-order valence-corrected chi connectivity index (χ2v) is 6.29. The van der Waals surface area contributed by atoms with E-state index in [1.54, 1.807) is 36.4 Å². The lowest BCUT2D eigenvalue weighted by atomic mass is 9.91. The number of rotatable bonds is 7. The first-order chi connectivity index (χ1) is 13.8. The highest BCUT2D eigenvalue weighted by Gasteiger charge is 2.29. The molecule has 0 saturated heterocycles. The molecule has 1 heterocycles. The largest absolute Gasteiger partial charge is 0.489 e. The second-order valence-electron chi connectivity index (χ2n) is 6.29. The van der Waals surface area contributed by atoms with Crippen molar-refractivity contribution in [2.45, 2.75) is 12.5 Å². The topological polar surface area (TPSA) is 156 Å². The summed E-state index contributed by atoms with van der Waals surface area (Å²) < 4.78 is 18.9. The maximum atomic E-state index is 13.1. The standard InChI is InChI=1S/C19H19FN6O3/c20-12-7-5-11(6-8-12)10-29-15-4-2-1-3-13(15)14(9-26(27)28)16-17(21)24-19(23)25-18(16)22/h1-8,14H,9-10H2,(H6,21,22,23,24,25). The molecule has 1 atom stereocenters. The van der Waals surface area contributed by atoms with Crippen LogP contribution >= 0.6 is 0 Å². The lowest BCUT2D eigenvalue weighted by Crippen LogP contribution is -2.20. The number of anilines is 3. The van der Waals surface area contributed by atoms with Crippen LogP contribution in [-0.2, 0) is 6.61 Å². The molecular formula is C19H19FN6O3. The molecule has 10 heteroatoms. The number of hydrogen-bond acceptors (Lipinski definition) is 8. The van der Waals surface area contributed by atoms with Gasteiger partial charge in [0.15, 0.2) is 0 Å². The Bertz CT molecular complexity index is 1010. The Balaban J connectivity index is 1.99. The molecule has 3 aromatic rings. The number of nitrogens with zero attached hydrogens (tertiary/aromatic N) is 3. The zero-order valence-electron chi connectivity index (χ0n) is 15.3. The normalized spacial score (nSPS) is 11.8. The van der Waals surface area contributed by atoms with Crippen molar-refractivity contribution in [3.05, 3.63) is 81.2 Å². The van der Waals surface area contributed by atoms with Gasteiger partial charge in [-0.25, -0.2) is 4.39 Å². The first-order valence-corrected chi connectivity index (χ1v) is 8.61. The molecular weight excluding hydrogens is 379 g/mol. The average Bonchev–Trinajstić information content (AvgIpc) is 2.66. The smallest absolute Gasteiger partial charge is 0.223 e. The van der Waals surface area contributed by atoms with Crippen molar-refractivity contribution < 1.29 is 14.1 Å². The van der Waals surface area contributed by atoms with Crippen LogP contribution in [0, 0.1) is 15.9 Å². The van der Waals surface area contributed by atoms with E-state index in [0.29, 0.717) is 11.3 Å². The molecule has 0 aliphatic heterocycles. The fourth-order valence-electron chi connectivity index (χ4n) is 3.02. The highest BCUT2D eigenvalue weighted by Crippen LogP contribution is 2.37. The fraction of sp³-hybridized carbons (Fsp3) is 0.158. The van der Waals surface area contributed by atoms with Gasteiger partial charge in [0.2, 0.25) is 12.5 Å². The molecule has 150 valence electrons. The summed E-state index contributed by atoms with van der Waals surface area (Å²) in [5.41, 5.74) is 18.9. The molecule has 3 rings (SSSR count). The van der Waals surface area contributed by atoms with Gasteiger partial charge in [-0.1, -0.05) is 30.3 Å². The number of benzene rings is 2. The molecule has 0 aliphatic rings. The van der Waals surface area contributed by atoms with Crippen LogP contribution in [0.4, 0.5) is 22.0 Å². The summed E-state index contributed by atoms with van der Waals surface area (Å²) in [4.78, 5) is 18.6. The predicted molar refractivity (Wildman–Crippen MR) is 106 cm³/mol. The third-order valence-corrected chi connectivity index (χ3v) is 4.30. The highest BCUT2D eigenvalue weighted by molar-refractivity contribution is 5.61. The molecule has 2 aromatic carbocycles. The Morgan fingerprint density at radius 3 is 2.28 bits per heavy atom. The molecule has 1 aromatic heterocycles. The third kappa shape index (κ3) is 4.67. The quantitative estimate of drug-likeness (QED) is 0.404. The SMILES string of the molecule is Nc1nc(N)c(C(C[N+](=O)[O-])c2ccccc2OCc2ccc(F)cc2)c(N)n1.